The van der Waals surface area contributed by atoms with Gasteiger partial charge in [-0.15, -0.1) is 0 Å². The van der Waals surface area contributed by atoms with Gasteiger partial charge in [-0.25, -0.2) is 0 Å². The second-order valence-corrected chi connectivity index (χ2v) is 5.55. The maximum absolute atomic E-state index is 12.4. The molecular formula is C19H18N2O3. The minimum Gasteiger partial charge on any atom is -0.497 e. The lowest BCUT2D eigenvalue weighted by Gasteiger charge is -2.14. The molecule has 24 heavy (non-hydrogen) atoms. The van der Waals surface area contributed by atoms with Crippen LogP contribution in [0.1, 0.15) is 28.9 Å². The number of ketones is 1. The number of methoxy groups -OCH3 is 1. The second-order valence-electron chi connectivity index (χ2n) is 5.55. The van der Waals surface area contributed by atoms with E-state index in [9.17, 15) is 9.59 Å². The maximum Gasteiger partial charge on any atom is 0.292 e. The third kappa shape index (κ3) is 3.01. The fourth-order valence-corrected chi connectivity index (χ4v) is 2.62. The normalized spacial score (nSPS) is 11.9. The molecule has 0 saturated heterocycles. The molecule has 0 radical (unpaired) electrons. The van der Waals surface area contributed by atoms with Crippen LogP contribution in [-0.2, 0) is 4.79 Å². The van der Waals surface area contributed by atoms with Crippen molar-refractivity contribution < 1.29 is 14.3 Å². The van der Waals surface area contributed by atoms with Gasteiger partial charge in [0.2, 0.25) is 0 Å². The van der Waals surface area contributed by atoms with Gasteiger partial charge >= 0.3 is 0 Å². The van der Waals surface area contributed by atoms with Crippen molar-refractivity contribution in [3.8, 4) is 5.75 Å². The fraction of sp³-hybridized carbons (Fsp3) is 0.158. The van der Waals surface area contributed by atoms with Gasteiger partial charge in [-0.1, -0.05) is 30.3 Å². The Balaban J connectivity index is 1.75. The molecule has 1 aromatic heterocycles. The van der Waals surface area contributed by atoms with Crippen molar-refractivity contribution in [2.75, 3.05) is 7.11 Å². The molecule has 1 heterocycles. The van der Waals surface area contributed by atoms with Crippen LogP contribution < -0.4 is 10.1 Å². The minimum atomic E-state index is -0.622. The van der Waals surface area contributed by atoms with Crippen LogP contribution in [0.3, 0.4) is 0 Å². The quantitative estimate of drug-likeness (QED) is 0.559. The highest BCUT2D eigenvalue weighted by atomic mass is 16.5. The maximum atomic E-state index is 12.4. The Morgan fingerprint density at radius 1 is 1.08 bits per heavy atom. The Labute approximate surface area is 139 Å². The van der Waals surface area contributed by atoms with Gasteiger partial charge < -0.3 is 15.0 Å². The number of benzene rings is 2. The Hall–Kier alpha value is -3.08. The molecule has 1 amide bonds. The van der Waals surface area contributed by atoms with Crippen LogP contribution in [0.4, 0.5) is 0 Å². The van der Waals surface area contributed by atoms with Gasteiger partial charge in [0.15, 0.2) is 0 Å². The van der Waals surface area contributed by atoms with Crippen molar-refractivity contribution >= 4 is 22.6 Å². The Morgan fingerprint density at radius 3 is 2.50 bits per heavy atom. The van der Waals surface area contributed by atoms with Crippen molar-refractivity contribution in [3.63, 3.8) is 0 Å². The fourth-order valence-electron chi connectivity index (χ4n) is 2.62. The van der Waals surface area contributed by atoms with Crippen LogP contribution in [0.2, 0.25) is 0 Å². The van der Waals surface area contributed by atoms with E-state index in [1.807, 2.05) is 55.5 Å². The molecular weight excluding hydrogens is 304 g/mol. The van der Waals surface area contributed by atoms with Crippen molar-refractivity contribution in [1.29, 1.82) is 0 Å². The number of H-pyrrole nitrogens is 1. The number of Topliss-reactive ketones (excluding diaryl/α,β-unsaturated/α-hetero) is 1. The van der Waals surface area contributed by atoms with Crippen LogP contribution in [0, 0.1) is 0 Å². The molecule has 3 aromatic rings. The van der Waals surface area contributed by atoms with E-state index in [0.29, 0.717) is 5.56 Å². The Morgan fingerprint density at radius 2 is 1.79 bits per heavy atom. The zero-order valence-corrected chi connectivity index (χ0v) is 13.5. The average Bonchev–Trinajstić information content (AvgIpc) is 3.05. The average molecular weight is 322 g/mol. The lowest BCUT2D eigenvalue weighted by Crippen LogP contribution is -2.33. The minimum absolute atomic E-state index is 0.280. The van der Waals surface area contributed by atoms with Crippen molar-refractivity contribution in [2.24, 2.45) is 0 Å². The Kier molecular flexibility index (Phi) is 4.33. The first kappa shape index (κ1) is 15.8. The van der Waals surface area contributed by atoms with Crippen LogP contribution in [-0.4, -0.2) is 23.8 Å². The van der Waals surface area contributed by atoms with Crippen molar-refractivity contribution in [1.82, 2.24) is 10.3 Å². The molecule has 0 aliphatic rings. The number of ether oxygens (including phenoxy) is 1. The molecule has 0 fully saturated rings. The number of carbonyl (C=O) groups is 2. The van der Waals surface area contributed by atoms with Gasteiger partial charge in [-0.05, 0) is 30.7 Å². The number of amides is 1. The topological polar surface area (TPSA) is 71.2 Å². The van der Waals surface area contributed by atoms with E-state index in [-0.39, 0.29) is 6.04 Å². The second kappa shape index (κ2) is 6.58. The molecule has 0 saturated carbocycles. The number of carbonyl (C=O) groups excluding carboxylic acids is 2. The number of rotatable bonds is 5. The monoisotopic (exact) mass is 322 g/mol. The molecule has 0 aliphatic carbocycles. The van der Waals surface area contributed by atoms with E-state index < -0.39 is 11.7 Å². The highest BCUT2D eigenvalue weighted by Crippen LogP contribution is 2.20. The summed E-state index contributed by atoms with van der Waals surface area (Å²) in [5.74, 6) is -0.428. The zero-order chi connectivity index (χ0) is 17.1. The van der Waals surface area contributed by atoms with E-state index in [0.717, 1.165) is 22.2 Å². The van der Waals surface area contributed by atoms with Crippen LogP contribution in [0.15, 0.2) is 54.7 Å². The summed E-state index contributed by atoms with van der Waals surface area (Å²) in [6.07, 6.45) is 1.57. The third-order valence-electron chi connectivity index (χ3n) is 4.00. The summed E-state index contributed by atoms with van der Waals surface area (Å²) in [7, 11) is 1.60. The Bertz CT molecular complexity index is 881. The zero-order valence-electron chi connectivity index (χ0n) is 13.5. The van der Waals surface area contributed by atoms with Gasteiger partial charge in [0.05, 0.1) is 18.7 Å². The number of aromatic amines is 1. The molecule has 122 valence electrons. The van der Waals surface area contributed by atoms with Gasteiger partial charge in [0, 0.05) is 17.1 Å². The van der Waals surface area contributed by atoms with Crippen molar-refractivity contribution in [2.45, 2.75) is 13.0 Å². The molecule has 5 heteroatoms. The summed E-state index contributed by atoms with van der Waals surface area (Å²) < 4.78 is 5.11. The molecule has 0 aliphatic heterocycles. The van der Waals surface area contributed by atoms with Gasteiger partial charge in [-0.3, -0.25) is 9.59 Å². The van der Waals surface area contributed by atoms with E-state index in [4.69, 9.17) is 4.74 Å². The molecule has 0 unspecified atom stereocenters. The lowest BCUT2D eigenvalue weighted by atomic mass is 10.1. The molecule has 1 atom stereocenters. The first-order valence-corrected chi connectivity index (χ1v) is 7.65. The number of hydrogen-bond acceptors (Lipinski definition) is 3. The van der Waals surface area contributed by atoms with Crippen molar-refractivity contribution in [3.05, 3.63) is 65.9 Å². The SMILES string of the molecule is COc1ccc([C@H](C)NC(=O)C(=O)c2c[nH]c3ccccc23)cc1. The summed E-state index contributed by atoms with van der Waals surface area (Å²) in [4.78, 5) is 27.7. The molecule has 2 aromatic carbocycles. The predicted molar refractivity (Wildman–Crippen MR) is 92.2 cm³/mol. The highest BCUT2D eigenvalue weighted by Gasteiger charge is 2.21. The standard InChI is InChI=1S/C19H18N2O3/c1-12(13-7-9-14(24-2)10-8-13)21-19(23)18(22)16-11-20-17-6-4-3-5-15(16)17/h3-12,20H,1-2H3,(H,21,23)/t12-/m0/s1. The van der Waals surface area contributed by atoms with E-state index in [1.165, 1.54) is 0 Å². The number of aromatic nitrogens is 1. The van der Waals surface area contributed by atoms with Crippen LogP contribution >= 0.6 is 0 Å². The van der Waals surface area contributed by atoms with E-state index >= 15 is 0 Å². The first-order valence-electron chi connectivity index (χ1n) is 7.65. The summed E-state index contributed by atoms with van der Waals surface area (Å²) in [6, 6.07) is 14.5. The number of para-hydroxylation sites is 1. The number of nitrogens with one attached hydrogen (secondary N) is 2. The summed E-state index contributed by atoms with van der Waals surface area (Å²) in [5, 5.41) is 3.49. The predicted octanol–water partition coefficient (Wildman–Crippen LogP) is 3.24. The number of fused-ring (bicyclic) bond motifs is 1. The lowest BCUT2D eigenvalue weighted by molar-refractivity contribution is -0.117. The highest BCUT2D eigenvalue weighted by molar-refractivity contribution is 6.45. The molecule has 2 N–H and O–H groups in total. The molecule has 3 rings (SSSR count). The summed E-state index contributed by atoms with van der Waals surface area (Å²) in [5.41, 5.74) is 2.11. The first-order chi connectivity index (χ1) is 11.6. The summed E-state index contributed by atoms with van der Waals surface area (Å²) >= 11 is 0. The van der Waals surface area contributed by atoms with Gasteiger partial charge in [-0.2, -0.15) is 0 Å². The smallest absolute Gasteiger partial charge is 0.292 e. The summed E-state index contributed by atoms with van der Waals surface area (Å²) in [6.45, 7) is 1.84. The molecule has 0 spiro atoms. The van der Waals surface area contributed by atoms with Gasteiger partial charge in [0.1, 0.15) is 5.75 Å². The molecule has 0 bridgehead atoms. The largest absolute Gasteiger partial charge is 0.497 e. The van der Waals surface area contributed by atoms with E-state index in [2.05, 4.69) is 10.3 Å². The van der Waals surface area contributed by atoms with E-state index in [1.54, 1.807) is 13.3 Å². The third-order valence-corrected chi connectivity index (χ3v) is 4.00. The molecule has 5 nitrogen and oxygen atoms in total. The number of hydrogen-bond donors (Lipinski definition) is 2. The van der Waals surface area contributed by atoms with Crippen LogP contribution in [0.5, 0.6) is 5.75 Å². The van der Waals surface area contributed by atoms with Crippen LogP contribution in [0.25, 0.3) is 10.9 Å². The van der Waals surface area contributed by atoms with Gasteiger partial charge in [0.25, 0.3) is 11.7 Å².